The molecular weight excluding hydrogens is 242 g/mol. The van der Waals surface area contributed by atoms with Gasteiger partial charge in [-0.3, -0.25) is 0 Å². The summed E-state index contributed by atoms with van der Waals surface area (Å²) in [5.41, 5.74) is 0.517. The number of aromatic nitrogens is 2. The SMILES string of the molecule is CCC(C)(C)Nc1ncc2cccc(C(=O)O)c2n1. The first kappa shape index (κ1) is 13.3. The summed E-state index contributed by atoms with van der Waals surface area (Å²) in [5, 5.41) is 13.1. The van der Waals surface area contributed by atoms with Crippen molar-refractivity contribution in [3.63, 3.8) is 0 Å². The Kier molecular flexibility index (Phi) is 3.38. The molecule has 0 atom stereocenters. The molecule has 0 aliphatic heterocycles. The maximum absolute atomic E-state index is 11.2. The van der Waals surface area contributed by atoms with E-state index in [2.05, 4.69) is 22.2 Å². The number of nitrogens with zero attached hydrogens (tertiary/aromatic N) is 2. The van der Waals surface area contributed by atoms with Crippen molar-refractivity contribution in [3.8, 4) is 0 Å². The average molecular weight is 259 g/mol. The molecule has 19 heavy (non-hydrogen) atoms. The highest BCUT2D eigenvalue weighted by atomic mass is 16.4. The molecular formula is C14H17N3O2. The van der Waals surface area contributed by atoms with Gasteiger partial charge in [0.05, 0.1) is 11.1 Å². The standard InChI is InChI=1S/C14H17N3O2/c1-4-14(2,3)17-13-15-8-9-6-5-7-10(12(18)19)11(9)16-13/h5-8H,4H2,1-3H3,(H,18,19)(H,15,16,17). The fourth-order valence-electron chi connectivity index (χ4n) is 1.68. The van der Waals surface area contributed by atoms with E-state index in [0.717, 1.165) is 11.8 Å². The molecule has 0 bridgehead atoms. The van der Waals surface area contributed by atoms with Crippen molar-refractivity contribution in [1.29, 1.82) is 0 Å². The summed E-state index contributed by atoms with van der Waals surface area (Å²) in [4.78, 5) is 19.7. The zero-order chi connectivity index (χ0) is 14.0. The minimum atomic E-state index is -0.981. The van der Waals surface area contributed by atoms with Gasteiger partial charge in [0.1, 0.15) is 0 Å². The van der Waals surface area contributed by atoms with Crippen LogP contribution < -0.4 is 5.32 Å². The molecule has 1 aromatic carbocycles. The number of carboxylic acids is 1. The van der Waals surface area contributed by atoms with Crippen LogP contribution in [-0.2, 0) is 0 Å². The van der Waals surface area contributed by atoms with E-state index in [-0.39, 0.29) is 11.1 Å². The summed E-state index contributed by atoms with van der Waals surface area (Å²) >= 11 is 0. The number of hydrogen-bond acceptors (Lipinski definition) is 4. The zero-order valence-electron chi connectivity index (χ0n) is 11.3. The molecule has 2 N–H and O–H groups in total. The van der Waals surface area contributed by atoms with Crippen LogP contribution in [0.4, 0.5) is 5.95 Å². The predicted octanol–water partition coefficient (Wildman–Crippen LogP) is 2.93. The molecule has 0 saturated heterocycles. The van der Waals surface area contributed by atoms with E-state index in [4.69, 9.17) is 0 Å². The zero-order valence-corrected chi connectivity index (χ0v) is 11.3. The summed E-state index contributed by atoms with van der Waals surface area (Å²) in [7, 11) is 0. The normalized spacial score (nSPS) is 11.5. The van der Waals surface area contributed by atoms with Gasteiger partial charge in [0.2, 0.25) is 5.95 Å². The molecule has 0 fully saturated rings. The Morgan fingerprint density at radius 2 is 2.16 bits per heavy atom. The Morgan fingerprint density at radius 3 is 2.79 bits per heavy atom. The third kappa shape index (κ3) is 2.81. The number of aromatic carboxylic acids is 1. The minimum Gasteiger partial charge on any atom is -0.478 e. The second kappa shape index (κ2) is 4.84. The topological polar surface area (TPSA) is 75.1 Å². The second-order valence-electron chi connectivity index (χ2n) is 5.10. The first-order chi connectivity index (χ1) is 8.93. The monoisotopic (exact) mass is 259 g/mol. The van der Waals surface area contributed by atoms with E-state index in [1.807, 2.05) is 13.8 Å². The number of nitrogens with one attached hydrogen (secondary N) is 1. The van der Waals surface area contributed by atoms with Crippen LogP contribution in [0.5, 0.6) is 0 Å². The quantitative estimate of drug-likeness (QED) is 0.883. The van der Waals surface area contributed by atoms with Crippen LogP contribution in [0.2, 0.25) is 0 Å². The smallest absolute Gasteiger partial charge is 0.337 e. The van der Waals surface area contributed by atoms with Gasteiger partial charge in [-0.1, -0.05) is 19.1 Å². The third-order valence-corrected chi connectivity index (χ3v) is 3.18. The Morgan fingerprint density at radius 1 is 1.42 bits per heavy atom. The van der Waals surface area contributed by atoms with Gasteiger partial charge in [0.15, 0.2) is 0 Å². The summed E-state index contributed by atoms with van der Waals surface area (Å²) < 4.78 is 0. The molecule has 100 valence electrons. The van der Waals surface area contributed by atoms with Gasteiger partial charge in [-0.15, -0.1) is 0 Å². The summed E-state index contributed by atoms with van der Waals surface area (Å²) in [5.74, 6) is -0.530. The molecule has 0 aliphatic carbocycles. The largest absolute Gasteiger partial charge is 0.478 e. The van der Waals surface area contributed by atoms with Gasteiger partial charge in [0, 0.05) is 17.1 Å². The molecule has 0 spiro atoms. The van der Waals surface area contributed by atoms with Crippen molar-refractivity contribution in [2.75, 3.05) is 5.32 Å². The van der Waals surface area contributed by atoms with E-state index >= 15 is 0 Å². The Balaban J connectivity index is 2.50. The minimum absolute atomic E-state index is 0.133. The first-order valence-corrected chi connectivity index (χ1v) is 6.20. The highest BCUT2D eigenvalue weighted by molar-refractivity contribution is 6.01. The van der Waals surface area contributed by atoms with Crippen LogP contribution >= 0.6 is 0 Å². The fraction of sp³-hybridized carbons (Fsp3) is 0.357. The van der Waals surface area contributed by atoms with Crippen LogP contribution in [-0.4, -0.2) is 26.6 Å². The number of carboxylic acid groups (broad SMARTS) is 1. The molecule has 1 aromatic heterocycles. The van der Waals surface area contributed by atoms with Gasteiger partial charge in [-0.05, 0) is 26.3 Å². The fourth-order valence-corrected chi connectivity index (χ4v) is 1.68. The van der Waals surface area contributed by atoms with E-state index in [0.29, 0.717) is 11.5 Å². The number of fused-ring (bicyclic) bond motifs is 1. The number of anilines is 1. The van der Waals surface area contributed by atoms with Crippen LogP contribution in [0.25, 0.3) is 10.9 Å². The average Bonchev–Trinajstić information content (AvgIpc) is 2.37. The molecule has 0 amide bonds. The molecule has 0 unspecified atom stereocenters. The lowest BCUT2D eigenvalue weighted by Gasteiger charge is -2.24. The predicted molar refractivity (Wildman–Crippen MR) is 74.5 cm³/mol. The maximum Gasteiger partial charge on any atom is 0.337 e. The molecule has 2 rings (SSSR count). The van der Waals surface area contributed by atoms with Gasteiger partial charge in [-0.25, -0.2) is 14.8 Å². The summed E-state index contributed by atoms with van der Waals surface area (Å²) in [6.45, 7) is 6.16. The summed E-state index contributed by atoms with van der Waals surface area (Å²) in [6.07, 6.45) is 2.55. The molecule has 1 heterocycles. The van der Waals surface area contributed by atoms with E-state index in [9.17, 15) is 9.90 Å². The Hall–Kier alpha value is -2.17. The molecule has 0 radical (unpaired) electrons. The highest BCUT2D eigenvalue weighted by Crippen LogP contribution is 2.20. The van der Waals surface area contributed by atoms with Gasteiger partial charge in [0.25, 0.3) is 0 Å². The third-order valence-electron chi connectivity index (χ3n) is 3.18. The van der Waals surface area contributed by atoms with Gasteiger partial charge >= 0.3 is 5.97 Å². The first-order valence-electron chi connectivity index (χ1n) is 6.20. The maximum atomic E-state index is 11.2. The number of rotatable bonds is 4. The Labute approximate surface area is 111 Å². The molecule has 5 nitrogen and oxygen atoms in total. The molecule has 0 aliphatic rings. The van der Waals surface area contributed by atoms with Crippen molar-refractivity contribution in [3.05, 3.63) is 30.0 Å². The van der Waals surface area contributed by atoms with Crippen LogP contribution in [0, 0.1) is 0 Å². The van der Waals surface area contributed by atoms with Crippen LogP contribution in [0.15, 0.2) is 24.4 Å². The van der Waals surface area contributed by atoms with Gasteiger partial charge in [-0.2, -0.15) is 0 Å². The number of para-hydroxylation sites is 1. The van der Waals surface area contributed by atoms with E-state index in [1.54, 1.807) is 24.4 Å². The Bertz CT molecular complexity index is 623. The van der Waals surface area contributed by atoms with Crippen LogP contribution in [0.3, 0.4) is 0 Å². The van der Waals surface area contributed by atoms with Crippen molar-refractivity contribution in [2.45, 2.75) is 32.7 Å². The number of carbonyl (C=O) groups is 1. The van der Waals surface area contributed by atoms with Crippen molar-refractivity contribution in [2.24, 2.45) is 0 Å². The van der Waals surface area contributed by atoms with Crippen LogP contribution in [0.1, 0.15) is 37.6 Å². The lowest BCUT2D eigenvalue weighted by atomic mass is 10.0. The second-order valence-corrected chi connectivity index (χ2v) is 5.10. The van der Waals surface area contributed by atoms with E-state index in [1.165, 1.54) is 0 Å². The van der Waals surface area contributed by atoms with Crippen molar-refractivity contribution >= 4 is 22.8 Å². The highest BCUT2D eigenvalue weighted by Gasteiger charge is 2.17. The molecule has 5 heteroatoms. The summed E-state index contributed by atoms with van der Waals surface area (Å²) in [6, 6.07) is 5.04. The lowest BCUT2D eigenvalue weighted by molar-refractivity contribution is 0.0699. The van der Waals surface area contributed by atoms with Crippen molar-refractivity contribution < 1.29 is 9.90 Å². The molecule has 0 saturated carbocycles. The van der Waals surface area contributed by atoms with Crippen molar-refractivity contribution in [1.82, 2.24) is 9.97 Å². The van der Waals surface area contributed by atoms with E-state index < -0.39 is 5.97 Å². The number of hydrogen-bond donors (Lipinski definition) is 2. The molecule has 2 aromatic rings. The lowest BCUT2D eigenvalue weighted by Crippen LogP contribution is -2.30. The van der Waals surface area contributed by atoms with Gasteiger partial charge < -0.3 is 10.4 Å². The number of benzene rings is 1.